The molecule has 1 aliphatic heterocycles. The number of unbranched alkanes of at least 4 members (excludes halogenated alkanes) is 1. The van der Waals surface area contributed by atoms with E-state index in [1.807, 2.05) is 6.92 Å². The number of nitrogens with zero attached hydrogens (tertiary/aromatic N) is 3. The molecule has 1 fully saturated rings. The summed E-state index contributed by atoms with van der Waals surface area (Å²) in [6.07, 6.45) is 1.27. The summed E-state index contributed by atoms with van der Waals surface area (Å²) in [5, 5.41) is 0. The van der Waals surface area contributed by atoms with Crippen molar-refractivity contribution in [2.75, 3.05) is 26.1 Å². The maximum atomic E-state index is 12.0. The molecule has 0 bridgehead atoms. The predicted molar refractivity (Wildman–Crippen MR) is 101 cm³/mol. The number of nitrogens with one attached hydrogen (secondary N) is 1. The summed E-state index contributed by atoms with van der Waals surface area (Å²) in [4.78, 5) is 32.6. The second-order valence-electron chi connectivity index (χ2n) is 5.98. The number of H-pyrrole nitrogens is 1. The third-order valence-electron chi connectivity index (χ3n) is 4.11. The summed E-state index contributed by atoms with van der Waals surface area (Å²) >= 11 is 4.94. The Hall–Kier alpha value is -1.40. The van der Waals surface area contributed by atoms with Crippen molar-refractivity contribution in [1.29, 1.82) is 0 Å². The topological polar surface area (TPSA) is 147 Å². The van der Waals surface area contributed by atoms with Crippen molar-refractivity contribution in [3.63, 3.8) is 0 Å². The van der Waals surface area contributed by atoms with Gasteiger partial charge in [-0.3, -0.25) is 14.3 Å². The van der Waals surface area contributed by atoms with E-state index in [9.17, 15) is 9.69 Å². The van der Waals surface area contributed by atoms with Crippen molar-refractivity contribution in [2.45, 2.75) is 38.2 Å². The van der Waals surface area contributed by atoms with Crippen LogP contribution in [0.1, 0.15) is 26.0 Å². The van der Waals surface area contributed by atoms with Crippen LogP contribution >= 0.6 is 6.72 Å². The van der Waals surface area contributed by atoms with Crippen LogP contribution in [0.2, 0.25) is 0 Å². The van der Waals surface area contributed by atoms with Gasteiger partial charge in [-0.05, 0) is 18.2 Å². The Balaban J connectivity index is 1.93. The van der Waals surface area contributed by atoms with Gasteiger partial charge in [-0.25, -0.2) is 4.98 Å². The standard InChI is InChI=1S/C14H22N5O6PS/c1-3-4-5-23-10-8(25-26(21,27)22-2)6-24-13(10)19-7-16-9-11(19)17-14(15)18-12(9)20/h7-8,10,13H,3-6H2,1-2H3,(H,21,27)(H3,15,17,18,20)/t8?,10?,13-,26?/m1/s1. The van der Waals surface area contributed by atoms with Gasteiger partial charge < -0.3 is 29.1 Å². The molecule has 1 aliphatic rings. The molecule has 1 saturated heterocycles. The molecule has 27 heavy (non-hydrogen) atoms. The number of hydrogen-bond acceptors (Lipinski definition) is 9. The van der Waals surface area contributed by atoms with Crippen molar-refractivity contribution in [3.05, 3.63) is 16.7 Å². The van der Waals surface area contributed by atoms with E-state index in [0.29, 0.717) is 6.61 Å². The second kappa shape index (κ2) is 8.31. The zero-order valence-electron chi connectivity index (χ0n) is 14.9. The third-order valence-corrected chi connectivity index (χ3v) is 5.82. The highest BCUT2D eigenvalue weighted by atomic mass is 32.5. The van der Waals surface area contributed by atoms with Gasteiger partial charge in [0.2, 0.25) is 5.95 Å². The minimum atomic E-state index is -3.41. The summed E-state index contributed by atoms with van der Waals surface area (Å²) in [5.41, 5.74) is 5.60. The van der Waals surface area contributed by atoms with Crippen LogP contribution < -0.4 is 11.3 Å². The fourth-order valence-electron chi connectivity index (χ4n) is 2.79. The number of ether oxygens (including phenoxy) is 2. The van der Waals surface area contributed by atoms with Crippen molar-refractivity contribution >= 4 is 35.6 Å². The number of hydrogen-bond donors (Lipinski definition) is 3. The quantitative estimate of drug-likeness (QED) is 0.412. The Kier molecular flexibility index (Phi) is 6.26. The fraction of sp³-hybridized carbons (Fsp3) is 0.643. The minimum absolute atomic E-state index is 0.0336. The number of nitrogens with two attached hydrogens (primary N) is 1. The molecule has 4 atom stereocenters. The first-order valence-corrected chi connectivity index (χ1v) is 11.0. The van der Waals surface area contributed by atoms with Gasteiger partial charge in [0.15, 0.2) is 17.4 Å². The van der Waals surface area contributed by atoms with E-state index in [0.717, 1.165) is 12.8 Å². The molecule has 11 nitrogen and oxygen atoms in total. The molecule has 4 N–H and O–H groups in total. The average molecular weight is 419 g/mol. The Morgan fingerprint density at radius 1 is 1.59 bits per heavy atom. The van der Waals surface area contributed by atoms with Gasteiger partial charge in [0.05, 0.1) is 12.9 Å². The minimum Gasteiger partial charge on any atom is -0.371 e. The van der Waals surface area contributed by atoms with Gasteiger partial charge in [-0.15, -0.1) is 0 Å². The van der Waals surface area contributed by atoms with Gasteiger partial charge in [-0.1, -0.05) is 13.3 Å². The monoisotopic (exact) mass is 419 g/mol. The van der Waals surface area contributed by atoms with Gasteiger partial charge in [-0.2, -0.15) is 4.98 Å². The van der Waals surface area contributed by atoms with Crippen LogP contribution in [0, 0.1) is 0 Å². The molecule has 0 aliphatic carbocycles. The van der Waals surface area contributed by atoms with Crippen molar-refractivity contribution in [2.24, 2.45) is 0 Å². The summed E-state index contributed by atoms with van der Waals surface area (Å²) in [5.74, 6) is -0.0336. The van der Waals surface area contributed by atoms with E-state index in [1.165, 1.54) is 13.4 Å². The molecule has 13 heteroatoms. The summed E-state index contributed by atoms with van der Waals surface area (Å²) in [6.45, 7) is -0.789. The summed E-state index contributed by atoms with van der Waals surface area (Å²) in [6, 6.07) is 0. The molecular weight excluding hydrogens is 397 g/mol. The van der Waals surface area contributed by atoms with Crippen molar-refractivity contribution < 1.29 is 23.4 Å². The first-order valence-electron chi connectivity index (χ1n) is 8.38. The lowest BCUT2D eigenvalue weighted by Crippen LogP contribution is -2.33. The summed E-state index contributed by atoms with van der Waals surface area (Å²) in [7, 11) is 1.28. The van der Waals surface area contributed by atoms with E-state index < -0.39 is 30.7 Å². The SMILES string of the molecule is CCCCOC1C(OP(O)(=S)OC)CO[C@H]1n1cnc2c(=O)[nH]c(N)nc21. The van der Waals surface area contributed by atoms with Crippen LogP contribution in [0.5, 0.6) is 0 Å². The smallest absolute Gasteiger partial charge is 0.324 e. The molecule has 0 amide bonds. The Bertz CT molecular complexity index is 904. The molecular formula is C14H22N5O6PS. The molecule has 0 radical (unpaired) electrons. The van der Waals surface area contributed by atoms with E-state index in [2.05, 4.69) is 15.0 Å². The second-order valence-corrected chi connectivity index (χ2v) is 8.88. The number of fused-ring (bicyclic) bond motifs is 1. The first-order chi connectivity index (χ1) is 12.9. The highest BCUT2D eigenvalue weighted by molar-refractivity contribution is 8.07. The van der Waals surface area contributed by atoms with E-state index in [1.54, 1.807) is 4.57 Å². The van der Waals surface area contributed by atoms with Crippen LogP contribution in [0.25, 0.3) is 11.2 Å². The Morgan fingerprint density at radius 2 is 2.37 bits per heavy atom. The van der Waals surface area contributed by atoms with Crippen LogP contribution in [0.15, 0.2) is 11.1 Å². The molecule has 0 spiro atoms. The number of aromatic amines is 1. The zero-order chi connectivity index (χ0) is 19.6. The number of imidazole rings is 1. The summed E-state index contributed by atoms with van der Waals surface area (Å²) < 4.78 is 23.7. The molecule has 3 rings (SSSR count). The van der Waals surface area contributed by atoms with Gasteiger partial charge in [0.1, 0.15) is 12.2 Å². The first kappa shape index (κ1) is 20.3. The van der Waals surface area contributed by atoms with E-state index in [4.69, 9.17) is 36.1 Å². The van der Waals surface area contributed by atoms with E-state index >= 15 is 0 Å². The normalized spacial score (nSPS) is 25.1. The average Bonchev–Trinajstić information content (AvgIpc) is 3.19. The van der Waals surface area contributed by atoms with Crippen LogP contribution in [0.3, 0.4) is 0 Å². The van der Waals surface area contributed by atoms with Gasteiger partial charge in [0.25, 0.3) is 5.56 Å². The molecule has 3 unspecified atom stereocenters. The fourth-order valence-corrected chi connectivity index (χ4v) is 3.73. The van der Waals surface area contributed by atoms with E-state index in [-0.39, 0.29) is 23.7 Å². The van der Waals surface area contributed by atoms with Crippen molar-refractivity contribution in [1.82, 2.24) is 19.5 Å². The molecule has 150 valence electrons. The highest BCUT2D eigenvalue weighted by Gasteiger charge is 2.43. The number of nitrogen functional groups attached to an aromatic ring is 1. The van der Waals surface area contributed by atoms with Crippen LogP contribution in [0.4, 0.5) is 5.95 Å². The highest BCUT2D eigenvalue weighted by Crippen LogP contribution is 2.47. The van der Waals surface area contributed by atoms with Crippen molar-refractivity contribution in [3.8, 4) is 0 Å². The van der Waals surface area contributed by atoms with Crippen LogP contribution in [-0.2, 0) is 30.3 Å². The van der Waals surface area contributed by atoms with Gasteiger partial charge in [0, 0.05) is 13.7 Å². The molecule has 2 aromatic rings. The number of aromatic nitrogens is 4. The molecule has 0 aromatic carbocycles. The van der Waals surface area contributed by atoms with Gasteiger partial charge >= 0.3 is 6.72 Å². The molecule has 3 heterocycles. The third kappa shape index (κ3) is 4.37. The lowest BCUT2D eigenvalue weighted by Gasteiger charge is -2.26. The number of rotatable bonds is 8. The maximum Gasteiger partial charge on any atom is 0.324 e. The zero-order valence-corrected chi connectivity index (χ0v) is 16.6. The van der Waals surface area contributed by atoms with Crippen LogP contribution in [-0.4, -0.2) is 56.9 Å². The molecule has 2 aromatic heterocycles. The largest absolute Gasteiger partial charge is 0.371 e. The Morgan fingerprint density at radius 3 is 3.07 bits per heavy atom. The predicted octanol–water partition coefficient (Wildman–Crippen LogP) is 0.664. The lowest BCUT2D eigenvalue weighted by molar-refractivity contribution is -0.0618. The lowest BCUT2D eigenvalue weighted by atomic mass is 10.2. The Labute approximate surface area is 160 Å². The number of anilines is 1. The maximum absolute atomic E-state index is 12.0. The molecule has 0 saturated carbocycles.